The van der Waals surface area contributed by atoms with Gasteiger partial charge in [0.1, 0.15) is 16.5 Å². The maximum absolute atomic E-state index is 12.9. The molecule has 1 aromatic carbocycles. The highest BCUT2D eigenvalue weighted by molar-refractivity contribution is 8.13. The molecule has 0 saturated carbocycles. The quantitative estimate of drug-likeness (QED) is 0.771. The summed E-state index contributed by atoms with van der Waals surface area (Å²) in [5.41, 5.74) is 0. The lowest BCUT2D eigenvalue weighted by atomic mass is 10.3. The molecule has 0 aliphatic heterocycles. The standard InChI is InChI=1S/C6H3Cl2FO3S/c7-4-1-3(10)2-5(9)6(4)13(8,11)12/h1-2,10H. The van der Waals surface area contributed by atoms with Gasteiger partial charge in [-0.1, -0.05) is 11.6 Å². The van der Waals surface area contributed by atoms with Gasteiger partial charge in [0.15, 0.2) is 0 Å². The monoisotopic (exact) mass is 244 g/mol. The molecule has 7 heteroatoms. The minimum Gasteiger partial charge on any atom is -0.508 e. The van der Waals surface area contributed by atoms with Crippen LogP contribution in [0.3, 0.4) is 0 Å². The third-order valence-corrected chi connectivity index (χ3v) is 3.00. The Morgan fingerprint density at radius 3 is 2.31 bits per heavy atom. The Kier molecular flexibility index (Phi) is 2.70. The first-order valence-corrected chi connectivity index (χ1v) is 5.64. The fraction of sp³-hybridized carbons (Fsp3) is 0. The molecule has 0 aliphatic carbocycles. The van der Waals surface area contributed by atoms with Crippen LogP contribution in [0.5, 0.6) is 5.75 Å². The highest BCUT2D eigenvalue weighted by Gasteiger charge is 2.21. The van der Waals surface area contributed by atoms with Gasteiger partial charge in [0.2, 0.25) is 0 Å². The van der Waals surface area contributed by atoms with E-state index in [9.17, 15) is 12.8 Å². The van der Waals surface area contributed by atoms with Crippen molar-refractivity contribution in [2.75, 3.05) is 0 Å². The average Bonchev–Trinajstić information content (AvgIpc) is 1.78. The third kappa shape index (κ3) is 2.24. The topological polar surface area (TPSA) is 54.4 Å². The molecule has 0 bridgehead atoms. The van der Waals surface area contributed by atoms with Gasteiger partial charge < -0.3 is 5.11 Å². The summed E-state index contributed by atoms with van der Waals surface area (Å²) in [6.07, 6.45) is 0. The predicted molar refractivity (Wildman–Crippen MR) is 46.1 cm³/mol. The van der Waals surface area contributed by atoms with Crippen LogP contribution < -0.4 is 0 Å². The molecule has 0 aliphatic rings. The lowest BCUT2D eigenvalue weighted by molar-refractivity contribution is 0.466. The molecule has 0 spiro atoms. The maximum Gasteiger partial charge on any atom is 0.265 e. The summed E-state index contributed by atoms with van der Waals surface area (Å²) in [4.78, 5) is -0.825. The first-order chi connectivity index (χ1) is 5.82. The number of benzene rings is 1. The number of phenolic OH excluding ortho intramolecular Hbond substituents is 1. The molecule has 1 N–H and O–H groups in total. The first-order valence-electron chi connectivity index (χ1n) is 2.95. The molecule has 3 nitrogen and oxygen atoms in total. The Bertz CT molecular complexity index is 420. The Hall–Kier alpha value is -0.520. The Morgan fingerprint density at radius 2 is 1.92 bits per heavy atom. The number of hydrogen-bond acceptors (Lipinski definition) is 3. The lowest BCUT2D eigenvalue weighted by Gasteiger charge is -2.01. The lowest BCUT2D eigenvalue weighted by Crippen LogP contribution is -1.96. The predicted octanol–water partition coefficient (Wildman–Crippen LogP) is 2.11. The number of phenols is 1. The smallest absolute Gasteiger partial charge is 0.265 e. The van der Waals surface area contributed by atoms with Gasteiger partial charge in [0.05, 0.1) is 5.02 Å². The highest BCUT2D eigenvalue weighted by Crippen LogP contribution is 2.30. The van der Waals surface area contributed by atoms with Gasteiger partial charge in [-0.25, -0.2) is 12.8 Å². The second-order valence-electron chi connectivity index (χ2n) is 2.18. The van der Waals surface area contributed by atoms with E-state index in [4.69, 9.17) is 27.4 Å². The molecule has 0 unspecified atom stereocenters. The van der Waals surface area contributed by atoms with Crippen LogP contribution >= 0.6 is 22.3 Å². The van der Waals surface area contributed by atoms with E-state index in [2.05, 4.69) is 0 Å². The number of hydrogen-bond donors (Lipinski definition) is 1. The minimum atomic E-state index is -4.23. The van der Waals surface area contributed by atoms with Crippen LogP contribution in [0.25, 0.3) is 0 Å². The largest absolute Gasteiger partial charge is 0.508 e. The zero-order valence-electron chi connectivity index (χ0n) is 5.96. The molecule has 0 heterocycles. The molecule has 72 valence electrons. The molecule has 0 aromatic heterocycles. The zero-order chi connectivity index (χ0) is 10.2. The van der Waals surface area contributed by atoms with E-state index in [-0.39, 0.29) is 0 Å². The van der Waals surface area contributed by atoms with Gasteiger partial charge in [-0.15, -0.1) is 0 Å². The average molecular weight is 245 g/mol. The van der Waals surface area contributed by atoms with E-state index in [1.165, 1.54) is 0 Å². The summed E-state index contributed by atoms with van der Waals surface area (Å²) < 4.78 is 34.4. The number of aromatic hydroxyl groups is 1. The van der Waals surface area contributed by atoms with Crippen molar-refractivity contribution in [1.82, 2.24) is 0 Å². The van der Waals surface area contributed by atoms with Crippen molar-refractivity contribution in [2.45, 2.75) is 4.90 Å². The summed E-state index contributed by atoms with van der Waals surface area (Å²) in [6, 6.07) is 1.50. The van der Waals surface area contributed by atoms with Gasteiger partial charge in [0.25, 0.3) is 9.05 Å². The maximum atomic E-state index is 12.9. The SMILES string of the molecule is O=S(=O)(Cl)c1c(F)cc(O)cc1Cl. The highest BCUT2D eigenvalue weighted by atomic mass is 35.7. The van der Waals surface area contributed by atoms with Crippen molar-refractivity contribution in [2.24, 2.45) is 0 Å². The van der Waals surface area contributed by atoms with E-state index in [1.807, 2.05) is 0 Å². The van der Waals surface area contributed by atoms with Crippen molar-refractivity contribution in [3.05, 3.63) is 23.0 Å². The molecule has 13 heavy (non-hydrogen) atoms. The zero-order valence-corrected chi connectivity index (χ0v) is 8.29. The fourth-order valence-electron chi connectivity index (χ4n) is 0.779. The van der Waals surface area contributed by atoms with Crippen LogP contribution in [0.1, 0.15) is 0 Å². The van der Waals surface area contributed by atoms with Crippen molar-refractivity contribution >= 4 is 31.3 Å². The van der Waals surface area contributed by atoms with Gasteiger partial charge in [-0.05, 0) is 0 Å². The third-order valence-electron chi connectivity index (χ3n) is 1.23. The van der Waals surface area contributed by atoms with Gasteiger partial charge in [0, 0.05) is 22.8 Å². The molecule has 0 atom stereocenters. The summed E-state index contributed by atoms with van der Waals surface area (Å²) in [5, 5.41) is 8.37. The Labute approximate surface area is 83.1 Å². The summed E-state index contributed by atoms with van der Waals surface area (Å²) in [6.45, 7) is 0. The van der Waals surface area contributed by atoms with Crippen LogP contribution in [0.2, 0.25) is 5.02 Å². The molecule has 1 aromatic rings. The van der Waals surface area contributed by atoms with Crippen LogP contribution in [-0.4, -0.2) is 13.5 Å². The van der Waals surface area contributed by atoms with E-state index in [0.717, 1.165) is 6.07 Å². The van der Waals surface area contributed by atoms with Crippen molar-refractivity contribution < 1.29 is 17.9 Å². The van der Waals surface area contributed by atoms with Crippen LogP contribution in [0.15, 0.2) is 17.0 Å². The summed E-state index contributed by atoms with van der Waals surface area (Å²) >= 11 is 5.36. The normalized spacial score (nSPS) is 11.6. The molecule has 1 rings (SSSR count). The van der Waals surface area contributed by atoms with E-state index >= 15 is 0 Å². The van der Waals surface area contributed by atoms with Crippen molar-refractivity contribution in [3.63, 3.8) is 0 Å². The molecule has 0 radical (unpaired) electrons. The van der Waals surface area contributed by atoms with Crippen molar-refractivity contribution in [3.8, 4) is 5.75 Å². The van der Waals surface area contributed by atoms with E-state index in [0.29, 0.717) is 6.07 Å². The first kappa shape index (κ1) is 10.6. The van der Waals surface area contributed by atoms with Crippen LogP contribution in [0.4, 0.5) is 4.39 Å². The second kappa shape index (κ2) is 3.32. The van der Waals surface area contributed by atoms with Gasteiger partial charge >= 0.3 is 0 Å². The molecular weight excluding hydrogens is 242 g/mol. The minimum absolute atomic E-state index is 0.451. The van der Waals surface area contributed by atoms with Crippen LogP contribution in [0, 0.1) is 5.82 Å². The van der Waals surface area contributed by atoms with E-state index < -0.39 is 30.5 Å². The fourth-order valence-corrected chi connectivity index (χ4v) is 2.46. The Morgan fingerprint density at radius 1 is 1.38 bits per heavy atom. The molecule has 0 saturated heterocycles. The van der Waals surface area contributed by atoms with Crippen LogP contribution in [-0.2, 0) is 9.05 Å². The number of rotatable bonds is 1. The molecular formula is C6H3Cl2FO3S. The molecule has 0 fully saturated rings. The summed E-state index contributed by atoms with van der Waals surface area (Å²) in [5.74, 6) is -1.65. The van der Waals surface area contributed by atoms with Gasteiger partial charge in [-0.3, -0.25) is 0 Å². The Balaban J connectivity index is 3.57. The molecule has 0 amide bonds. The number of halogens is 3. The van der Waals surface area contributed by atoms with E-state index in [1.54, 1.807) is 0 Å². The van der Waals surface area contributed by atoms with Gasteiger partial charge in [-0.2, -0.15) is 0 Å². The van der Waals surface area contributed by atoms with Crippen molar-refractivity contribution in [1.29, 1.82) is 0 Å². The summed E-state index contributed by atoms with van der Waals surface area (Å²) in [7, 11) is 0.661. The second-order valence-corrected chi connectivity index (χ2v) is 5.09.